The Morgan fingerprint density at radius 2 is 2.11 bits per heavy atom. The Hall–Kier alpha value is -2.34. The fourth-order valence-corrected chi connectivity index (χ4v) is 3.93. The first-order chi connectivity index (χ1) is 13.2. The van der Waals surface area contributed by atoms with Crippen LogP contribution in [0.25, 0.3) is 0 Å². The van der Waals surface area contributed by atoms with Crippen molar-refractivity contribution in [1.29, 1.82) is 0 Å². The SMILES string of the molecule is CCCCc1ccc(C(NC(=O)CCN2CCOC2=O)c2cccs2)cc1. The molecule has 1 fully saturated rings. The highest BCUT2D eigenvalue weighted by atomic mass is 32.1. The van der Waals surface area contributed by atoms with E-state index in [2.05, 4.69) is 36.5 Å². The normalized spacial score (nSPS) is 14.9. The standard InChI is InChI=1S/C21H26N2O3S/c1-2-3-5-16-7-9-17(10-8-16)20(18-6-4-15-27-18)22-19(24)11-12-23-13-14-26-21(23)25/h4,6-10,15,20H,2-3,5,11-14H2,1H3,(H,22,24). The monoisotopic (exact) mass is 386 g/mol. The Morgan fingerprint density at radius 1 is 1.30 bits per heavy atom. The number of nitrogens with zero attached hydrogens (tertiary/aromatic N) is 1. The number of carbonyl (C=O) groups is 2. The molecule has 1 aliphatic heterocycles. The lowest BCUT2D eigenvalue weighted by Crippen LogP contribution is -2.33. The van der Waals surface area contributed by atoms with Gasteiger partial charge in [-0.1, -0.05) is 43.7 Å². The summed E-state index contributed by atoms with van der Waals surface area (Å²) in [6, 6.07) is 12.4. The van der Waals surface area contributed by atoms with Crippen molar-refractivity contribution in [2.45, 2.75) is 38.6 Å². The number of unbranched alkanes of at least 4 members (excludes halogenated alkanes) is 1. The van der Waals surface area contributed by atoms with Crippen LogP contribution in [0.2, 0.25) is 0 Å². The lowest BCUT2D eigenvalue weighted by molar-refractivity contribution is -0.121. The van der Waals surface area contributed by atoms with E-state index < -0.39 is 0 Å². The molecule has 2 amide bonds. The molecule has 6 heteroatoms. The zero-order valence-electron chi connectivity index (χ0n) is 15.6. The number of hydrogen-bond acceptors (Lipinski definition) is 4. The van der Waals surface area contributed by atoms with E-state index >= 15 is 0 Å². The molecule has 3 rings (SSSR count). The Morgan fingerprint density at radius 3 is 2.74 bits per heavy atom. The van der Waals surface area contributed by atoms with E-state index in [0.717, 1.165) is 16.9 Å². The molecule has 1 unspecified atom stereocenters. The highest BCUT2D eigenvalue weighted by molar-refractivity contribution is 7.10. The first-order valence-electron chi connectivity index (χ1n) is 9.50. The summed E-state index contributed by atoms with van der Waals surface area (Å²) in [6.45, 7) is 3.54. The van der Waals surface area contributed by atoms with Crippen LogP contribution >= 0.6 is 11.3 Å². The molecule has 2 aromatic rings. The first kappa shape index (κ1) is 19.4. The smallest absolute Gasteiger partial charge is 0.409 e. The number of hydrogen-bond donors (Lipinski definition) is 1. The molecule has 144 valence electrons. The van der Waals surface area contributed by atoms with E-state index in [0.29, 0.717) is 19.7 Å². The maximum atomic E-state index is 12.5. The molecule has 0 bridgehead atoms. The van der Waals surface area contributed by atoms with Crippen LogP contribution in [0.15, 0.2) is 41.8 Å². The van der Waals surface area contributed by atoms with Gasteiger partial charge in [0.2, 0.25) is 5.91 Å². The quantitative estimate of drug-likeness (QED) is 0.705. The van der Waals surface area contributed by atoms with Crippen LogP contribution in [-0.4, -0.2) is 36.6 Å². The lowest BCUT2D eigenvalue weighted by atomic mass is 10.0. The van der Waals surface area contributed by atoms with Crippen molar-refractivity contribution in [3.8, 4) is 0 Å². The molecule has 1 atom stereocenters. The van der Waals surface area contributed by atoms with Crippen molar-refractivity contribution in [3.05, 3.63) is 57.8 Å². The second-order valence-corrected chi connectivity index (χ2v) is 7.69. The van der Waals surface area contributed by atoms with Crippen LogP contribution in [0.5, 0.6) is 0 Å². The van der Waals surface area contributed by atoms with Crippen LogP contribution in [0.1, 0.15) is 48.2 Å². The van der Waals surface area contributed by atoms with Gasteiger partial charge in [0.1, 0.15) is 6.61 Å². The summed E-state index contributed by atoms with van der Waals surface area (Å²) >= 11 is 1.63. The van der Waals surface area contributed by atoms with Crippen LogP contribution in [-0.2, 0) is 16.0 Å². The van der Waals surface area contributed by atoms with E-state index in [4.69, 9.17) is 4.74 Å². The Bertz CT molecular complexity index is 743. The molecule has 1 aliphatic rings. The number of carbonyl (C=O) groups excluding carboxylic acids is 2. The summed E-state index contributed by atoms with van der Waals surface area (Å²) in [5, 5.41) is 5.15. The van der Waals surface area contributed by atoms with E-state index in [-0.39, 0.29) is 24.5 Å². The van der Waals surface area contributed by atoms with Crippen molar-refractivity contribution in [2.75, 3.05) is 19.7 Å². The molecule has 1 saturated heterocycles. The molecule has 0 aliphatic carbocycles. The van der Waals surface area contributed by atoms with Gasteiger partial charge in [0, 0.05) is 17.8 Å². The van der Waals surface area contributed by atoms with Crippen molar-refractivity contribution in [3.63, 3.8) is 0 Å². The molecule has 0 radical (unpaired) electrons. The third-order valence-corrected chi connectivity index (χ3v) is 5.66. The molecule has 2 heterocycles. The molecule has 1 N–H and O–H groups in total. The molecule has 0 spiro atoms. The third kappa shape index (κ3) is 5.32. The third-order valence-electron chi connectivity index (χ3n) is 4.72. The maximum absolute atomic E-state index is 12.5. The minimum absolute atomic E-state index is 0.0665. The number of thiophene rings is 1. The fourth-order valence-electron chi connectivity index (χ4n) is 3.13. The summed E-state index contributed by atoms with van der Waals surface area (Å²) < 4.78 is 4.90. The van der Waals surface area contributed by atoms with Gasteiger partial charge in [0.25, 0.3) is 0 Å². The zero-order chi connectivity index (χ0) is 19.1. The molecule has 0 saturated carbocycles. The second kappa shape index (κ2) is 9.55. The van der Waals surface area contributed by atoms with Gasteiger partial charge < -0.3 is 15.0 Å². The number of benzene rings is 1. The number of aryl methyl sites for hydroxylation is 1. The van der Waals surface area contributed by atoms with Crippen molar-refractivity contribution in [1.82, 2.24) is 10.2 Å². The molecular formula is C21H26N2O3S. The average molecular weight is 387 g/mol. The molecule has 1 aromatic heterocycles. The minimum Gasteiger partial charge on any atom is -0.448 e. The van der Waals surface area contributed by atoms with E-state index in [1.165, 1.54) is 18.4 Å². The van der Waals surface area contributed by atoms with Gasteiger partial charge in [-0.25, -0.2) is 4.79 Å². The van der Waals surface area contributed by atoms with E-state index in [1.54, 1.807) is 16.2 Å². The highest BCUT2D eigenvalue weighted by Gasteiger charge is 2.23. The van der Waals surface area contributed by atoms with Gasteiger partial charge in [0.15, 0.2) is 0 Å². The van der Waals surface area contributed by atoms with Crippen LogP contribution < -0.4 is 5.32 Å². The van der Waals surface area contributed by atoms with Gasteiger partial charge in [-0.05, 0) is 35.4 Å². The fraction of sp³-hybridized carbons (Fsp3) is 0.429. The number of nitrogens with one attached hydrogen (secondary N) is 1. The Kier molecular flexibility index (Phi) is 6.87. The van der Waals surface area contributed by atoms with Gasteiger partial charge in [-0.15, -0.1) is 11.3 Å². The average Bonchev–Trinajstić information content (AvgIpc) is 3.35. The highest BCUT2D eigenvalue weighted by Crippen LogP contribution is 2.26. The van der Waals surface area contributed by atoms with E-state index in [9.17, 15) is 9.59 Å². The number of rotatable bonds is 9. The Balaban J connectivity index is 1.65. The topological polar surface area (TPSA) is 58.6 Å². The van der Waals surface area contributed by atoms with Gasteiger partial charge in [-0.2, -0.15) is 0 Å². The zero-order valence-corrected chi connectivity index (χ0v) is 16.5. The second-order valence-electron chi connectivity index (χ2n) is 6.71. The summed E-state index contributed by atoms with van der Waals surface area (Å²) in [4.78, 5) is 26.7. The predicted octanol–water partition coefficient (Wildman–Crippen LogP) is 4.14. The maximum Gasteiger partial charge on any atom is 0.409 e. The van der Waals surface area contributed by atoms with Gasteiger partial charge in [-0.3, -0.25) is 4.79 Å². The molecular weight excluding hydrogens is 360 g/mol. The van der Waals surface area contributed by atoms with Crippen LogP contribution in [0.4, 0.5) is 4.79 Å². The molecule has 27 heavy (non-hydrogen) atoms. The molecule has 5 nitrogen and oxygen atoms in total. The molecule has 1 aromatic carbocycles. The number of amides is 2. The minimum atomic E-state index is -0.333. The summed E-state index contributed by atoms with van der Waals surface area (Å²) in [6.07, 6.45) is 3.38. The summed E-state index contributed by atoms with van der Waals surface area (Å²) in [7, 11) is 0. The van der Waals surface area contributed by atoms with Crippen molar-refractivity contribution in [2.24, 2.45) is 0 Å². The summed E-state index contributed by atoms with van der Waals surface area (Å²) in [5.74, 6) is -0.0665. The van der Waals surface area contributed by atoms with Crippen LogP contribution in [0.3, 0.4) is 0 Å². The largest absolute Gasteiger partial charge is 0.448 e. The number of cyclic esters (lactones) is 1. The first-order valence-corrected chi connectivity index (χ1v) is 10.4. The summed E-state index contributed by atoms with van der Waals surface area (Å²) in [5.41, 5.74) is 2.40. The van der Waals surface area contributed by atoms with E-state index in [1.807, 2.05) is 17.5 Å². The lowest BCUT2D eigenvalue weighted by Gasteiger charge is -2.19. The van der Waals surface area contributed by atoms with Crippen LogP contribution in [0, 0.1) is 0 Å². The number of ether oxygens (including phenoxy) is 1. The van der Waals surface area contributed by atoms with Gasteiger partial charge in [0.05, 0.1) is 12.6 Å². The van der Waals surface area contributed by atoms with Crippen molar-refractivity contribution >= 4 is 23.3 Å². The van der Waals surface area contributed by atoms with Gasteiger partial charge >= 0.3 is 6.09 Å². The predicted molar refractivity (Wildman–Crippen MR) is 107 cm³/mol. The Labute approximate surface area is 164 Å². The van der Waals surface area contributed by atoms with Crippen molar-refractivity contribution < 1.29 is 14.3 Å².